The predicted octanol–water partition coefficient (Wildman–Crippen LogP) is 2.23. The van der Waals surface area contributed by atoms with Crippen molar-refractivity contribution >= 4 is 16.0 Å². The van der Waals surface area contributed by atoms with E-state index in [9.17, 15) is 13.2 Å². The molecular formula is C15H21NO4S. The monoisotopic (exact) mass is 311 g/mol. The molecule has 2 atom stereocenters. The molecule has 1 aliphatic carbocycles. The van der Waals surface area contributed by atoms with Crippen LogP contribution in [0.1, 0.15) is 36.8 Å². The van der Waals surface area contributed by atoms with Crippen molar-refractivity contribution in [3.8, 4) is 0 Å². The van der Waals surface area contributed by atoms with Crippen LogP contribution < -0.4 is 4.72 Å². The fourth-order valence-corrected chi connectivity index (χ4v) is 4.41. The van der Waals surface area contributed by atoms with Gasteiger partial charge in [0.1, 0.15) is 0 Å². The Morgan fingerprint density at radius 2 is 2.00 bits per heavy atom. The number of sulfonamides is 1. The van der Waals surface area contributed by atoms with Crippen LogP contribution >= 0.6 is 0 Å². The van der Waals surface area contributed by atoms with Crippen LogP contribution in [0.25, 0.3) is 0 Å². The Labute approximate surface area is 125 Å². The highest BCUT2D eigenvalue weighted by Crippen LogP contribution is 2.26. The highest BCUT2D eigenvalue weighted by Gasteiger charge is 2.30. The lowest BCUT2D eigenvalue weighted by molar-refractivity contribution is -0.143. The second-order valence-corrected chi connectivity index (χ2v) is 7.47. The predicted molar refractivity (Wildman–Crippen MR) is 79.6 cm³/mol. The summed E-state index contributed by atoms with van der Waals surface area (Å²) in [4.78, 5) is 11.3. The number of carbonyl (C=O) groups is 1. The molecule has 2 N–H and O–H groups in total. The smallest absolute Gasteiger partial charge is 0.306 e. The molecule has 0 bridgehead atoms. The van der Waals surface area contributed by atoms with Crippen LogP contribution in [-0.4, -0.2) is 25.5 Å². The standard InChI is InChI=1S/C15H21NO4S/c1-10-6-7-14(11(2)8-10)21(19,20)16-13-5-3-4-12(9-13)15(17)18/h6-8,12-13,16H,3-5,9H2,1-2H3,(H,17,18). The SMILES string of the molecule is Cc1ccc(S(=O)(=O)NC2CCCC(C(=O)O)C2)c(C)c1. The van der Waals surface area contributed by atoms with Gasteiger partial charge < -0.3 is 5.11 Å². The van der Waals surface area contributed by atoms with E-state index in [1.54, 1.807) is 19.1 Å². The summed E-state index contributed by atoms with van der Waals surface area (Å²) in [7, 11) is -3.60. The zero-order chi connectivity index (χ0) is 15.6. The molecule has 0 heterocycles. The molecule has 2 unspecified atom stereocenters. The summed E-state index contributed by atoms with van der Waals surface area (Å²) in [5.41, 5.74) is 1.71. The van der Waals surface area contributed by atoms with Crippen LogP contribution in [-0.2, 0) is 14.8 Å². The molecule has 0 aliphatic heterocycles. The van der Waals surface area contributed by atoms with Crippen LogP contribution in [0.2, 0.25) is 0 Å². The first-order valence-electron chi connectivity index (χ1n) is 7.12. The molecule has 0 aromatic heterocycles. The summed E-state index contributed by atoms with van der Waals surface area (Å²) in [6.07, 6.45) is 2.40. The maximum atomic E-state index is 12.5. The molecule has 2 rings (SSSR count). The van der Waals surface area contributed by atoms with Gasteiger partial charge in [0.05, 0.1) is 10.8 Å². The number of aryl methyl sites for hydroxylation is 2. The van der Waals surface area contributed by atoms with E-state index in [1.807, 2.05) is 13.0 Å². The molecule has 116 valence electrons. The van der Waals surface area contributed by atoms with Gasteiger partial charge in [0.2, 0.25) is 10.0 Å². The minimum atomic E-state index is -3.60. The summed E-state index contributed by atoms with van der Waals surface area (Å²) < 4.78 is 27.6. The molecule has 5 nitrogen and oxygen atoms in total. The zero-order valence-electron chi connectivity index (χ0n) is 12.3. The van der Waals surface area contributed by atoms with Gasteiger partial charge in [0, 0.05) is 6.04 Å². The average molecular weight is 311 g/mol. The molecule has 1 fully saturated rings. The van der Waals surface area contributed by atoms with E-state index in [4.69, 9.17) is 5.11 Å². The number of hydrogen-bond donors (Lipinski definition) is 2. The Balaban J connectivity index is 2.15. The number of rotatable bonds is 4. The summed E-state index contributed by atoms with van der Waals surface area (Å²) in [6.45, 7) is 3.68. The molecule has 0 amide bonds. The highest BCUT2D eigenvalue weighted by atomic mass is 32.2. The maximum absolute atomic E-state index is 12.5. The summed E-state index contributed by atoms with van der Waals surface area (Å²) in [5, 5.41) is 9.07. The number of nitrogens with one attached hydrogen (secondary N) is 1. The molecule has 1 aliphatic rings. The third kappa shape index (κ3) is 3.83. The van der Waals surface area contributed by atoms with E-state index in [-0.39, 0.29) is 10.9 Å². The molecule has 0 saturated heterocycles. The average Bonchev–Trinajstić information content (AvgIpc) is 2.37. The zero-order valence-corrected chi connectivity index (χ0v) is 13.1. The van der Waals surface area contributed by atoms with Crippen molar-refractivity contribution < 1.29 is 18.3 Å². The van der Waals surface area contributed by atoms with Gasteiger partial charge in [-0.1, -0.05) is 24.1 Å². The topological polar surface area (TPSA) is 83.5 Å². The lowest BCUT2D eigenvalue weighted by atomic mass is 9.86. The number of carboxylic acid groups (broad SMARTS) is 1. The van der Waals surface area contributed by atoms with Crippen LogP contribution in [0.15, 0.2) is 23.1 Å². The normalized spacial score (nSPS) is 23.0. The third-order valence-electron chi connectivity index (χ3n) is 3.97. The molecule has 1 aromatic rings. The van der Waals surface area contributed by atoms with Gasteiger partial charge in [-0.2, -0.15) is 0 Å². The Hall–Kier alpha value is -1.40. The van der Waals surface area contributed by atoms with E-state index >= 15 is 0 Å². The number of hydrogen-bond acceptors (Lipinski definition) is 3. The minimum Gasteiger partial charge on any atom is -0.481 e. The highest BCUT2D eigenvalue weighted by molar-refractivity contribution is 7.89. The van der Waals surface area contributed by atoms with Crippen LogP contribution in [0.5, 0.6) is 0 Å². The first kappa shape index (κ1) is 16.0. The summed E-state index contributed by atoms with van der Waals surface area (Å²) in [6, 6.07) is 4.90. The van der Waals surface area contributed by atoms with Gasteiger partial charge in [-0.3, -0.25) is 4.79 Å². The van der Waals surface area contributed by atoms with Gasteiger partial charge in [-0.25, -0.2) is 13.1 Å². The Morgan fingerprint density at radius 1 is 1.29 bits per heavy atom. The van der Waals surface area contributed by atoms with Crippen LogP contribution in [0.4, 0.5) is 0 Å². The van der Waals surface area contributed by atoms with Crippen molar-refractivity contribution in [2.75, 3.05) is 0 Å². The molecule has 1 aromatic carbocycles. The molecule has 0 radical (unpaired) electrons. The minimum absolute atomic E-state index is 0.269. The first-order chi connectivity index (χ1) is 9.79. The van der Waals surface area contributed by atoms with Gasteiger partial charge >= 0.3 is 5.97 Å². The van der Waals surface area contributed by atoms with E-state index < -0.39 is 21.9 Å². The van der Waals surface area contributed by atoms with Crippen molar-refractivity contribution in [3.63, 3.8) is 0 Å². The van der Waals surface area contributed by atoms with Crippen molar-refractivity contribution in [3.05, 3.63) is 29.3 Å². The Morgan fingerprint density at radius 3 is 2.62 bits per heavy atom. The third-order valence-corrected chi connectivity index (χ3v) is 5.65. The largest absolute Gasteiger partial charge is 0.481 e. The van der Waals surface area contributed by atoms with Gasteiger partial charge in [-0.15, -0.1) is 0 Å². The Kier molecular flexibility index (Phi) is 4.68. The summed E-state index contributed by atoms with van der Waals surface area (Å²) >= 11 is 0. The van der Waals surface area contributed by atoms with Gasteiger partial charge in [0.25, 0.3) is 0 Å². The van der Waals surface area contributed by atoms with E-state index in [0.717, 1.165) is 12.0 Å². The van der Waals surface area contributed by atoms with Crippen molar-refractivity contribution in [2.24, 2.45) is 5.92 Å². The molecular weight excluding hydrogens is 290 g/mol. The van der Waals surface area contributed by atoms with Crippen molar-refractivity contribution in [2.45, 2.75) is 50.5 Å². The van der Waals surface area contributed by atoms with Crippen LogP contribution in [0, 0.1) is 19.8 Å². The van der Waals surface area contributed by atoms with Crippen LogP contribution in [0.3, 0.4) is 0 Å². The molecule has 0 spiro atoms. The second-order valence-electron chi connectivity index (χ2n) is 5.79. The van der Waals surface area contributed by atoms with E-state index in [1.165, 1.54) is 0 Å². The van der Waals surface area contributed by atoms with Gasteiger partial charge in [-0.05, 0) is 44.7 Å². The number of aliphatic carboxylic acids is 1. The molecule has 6 heteroatoms. The summed E-state index contributed by atoms with van der Waals surface area (Å²) in [5.74, 6) is -1.30. The van der Waals surface area contributed by atoms with E-state index in [0.29, 0.717) is 24.8 Å². The maximum Gasteiger partial charge on any atom is 0.306 e. The first-order valence-corrected chi connectivity index (χ1v) is 8.60. The number of carboxylic acids is 1. The Bertz CT molecular complexity index is 639. The fourth-order valence-electron chi connectivity index (χ4n) is 2.90. The quantitative estimate of drug-likeness (QED) is 0.893. The molecule has 1 saturated carbocycles. The lowest BCUT2D eigenvalue weighted by Crippen LogP contribution is -2.40. The van der Waals surface area contributed by atoms with Gasteiger partial charge in [0.15, 0.2) is 0 Å². The second kappa shape index (κ2) is 6.15. The fraction of sp³-hybridized carbons (Fsp3) is 0.533. The van der Waals surface area contributed by atoms with E-state index in [2.05, 4.69) is 4.72 Å². The number of benzene rings is 1. The van der Waals surface area contributed by atoms with Crippen molar-refractivity contribution in [1.82, 2.24) is 4.72 Å². The molecule has 21 heavy (non-hydrogen) atoms. The lowest BCUT2D eigenvalue weighted by Gasteiger charge is -2.27. The van der Waals surface area contributed by atoms with Crippen molar-refractivity contribution in [1.29, 1.82) is 0 Å².